The molecule has 24 heavy (non-hydrogen) atoms. The van der Waals surface area contributed by atoms with Crippen molar-refractivity contribution in [2.75, 3.05) is 18.0 Å². The molecule has 1 fully saturated rings. The highest BCUT2D eigenvalue weighted by Gasteiger charge is 2.29. The molecule has 1 saturated heterocycles. The molecule has 9 heteroatoms. The Kier molecular flexibility index (Phi) is 4.09. The smallest absolute Gasteiger partial charge is 0.228 e. The molecule has 0 spiro atoms. The van der Waals surface area contributed by atoms with Gasteiger partial charge in [0.15, 0.2) is 16.0 Å². The molecule has 0 aliphatic carbocycles. The van der Waals surface area contributed by atoms with Gasteiger partial charge in [-0.15, -0.1) is 4.72 Å². The minimum atomic E-state index is -3.40. The second-order valence-electron chi connectivity index (χ2n) is 5.72. The van der Waals surface area contributed by atoms with Gasteiger partial charge in [0.05, 0.1) is 12.2 Å². The summed E-state index contributed by atoms with van der Waals surface area (Å²) < 4.78 is 29.6. The molecule has 4 rings (SSSR count). The number of rotatable bonds is 4. The van der Waals surface area contributed by atoms with Crippen LogP contribution in [0.15, 0.2) is 46.2 Å². The van der Waals surface area contributed by atoms with Crippen LogP contribution >= 0.6 is 11.3 Å². The van der Waals surface area contributed by atoms with Gasteiger partial charge in [0.25, 0.3) is 0 Å². The van der Waals surface area contributed by atoms with Crippen LogP contribution in [-0.4, -0.2) is 38.3 Å². The summed E-state index contributed by atoms with van der Waals surface area (Å²) in [6, 6.07) is 7.15. The summed E-state index contributed by atoms with van der Waals surface area (Å²) in [4.78, 5) is 6.49. The molecule has 3 aromatic heterocycles. The van der Waals surface area contributed by atoms with E-state index in [-0.39, 0.29) is 6.04 Å². The normalized spacial score (nSPS) is 18.8. The third-order valence-electron chi connectivity index (χ3n) is 4.17. The molecule has 1 atom stereocenters. The Bertz CT molecular complexity index is 871. The van der Waals surface area contributed by atoms with Crippen molar-refractivity contribution in [1.29, 1.82) is 0 Å². The fourth-order valence-corrected chi connectivity index (χ4v) is 5.30. The van der Waals surface area contributed by atoms with Crippen LogP contribution in [0.4, 0.5) is 5.82 Å². The number of hydrogen-bond acceptors (Lipinski definition) is 6. The first-order chi connectivity index (χ1) is 11.6. The standard InChI is InChI=1S/C15H17N5O2S2/c21-24(22,15-2-1-11-23-15)18-12-5-9-19(10-6-12)14-4-7-16-13-3-8-17-20(13)14/h1-4,7-8,11-12H,5-6,9-10H2,(H-,18,21,22). The van der Waals surface area contributed by atoms with Gasteiger partial charge in [0.1, 0.15) is 5.82 Å². The van der Waals surface area contributed by atoms with Gasteiger partial charge in [-0.05, 0) is 30.4 Å². The Balaban J connectivity index is 1.44. The van der Waals surface area contributed by atoms with E-state index in [0.717, 1.165) is 37.4 Å². The number of nitrogens with zero attached hydrogens (tertiary/aromatic N) is 4. The minimum Gasteiger partial charge on any atom is -0.592 e. The topological polar surface area (TPSA) is 85.6 Å². The van der Waals surface area contributed by atoms with E-state index in [1.54, 1.807) is 29.9 Å². The lowest BCUT2D eigenvalue weighted by molar-refractivity contribution is 0.418. The molecule has 1 aliphatic heterocycles. The van der Waals surface area contributed by atoms with Crippen molar-refractivity contribution in [2.24, 2.45) is 0 Å². The average molecular weight is 363 g/mol. The van der Waals surface area contributed by atoms with Gasteiger partial charge in [-0.1, -0.05) is 15.5 Å². The van der Waals surface area contributed by atoms with Crippen LogP contribution < -0.4 is 9.62 Å². The molecule has 0 aromatic carbocycles. The van der Waals surface area contributed by atoms with Gasteiger partial charge >= 0.3 is 0 Å². The highest BCUT2D eigenvalue weighted by molar-refractivity contribution is 7.97. The Morgan fingerprint density at radius 3 is 2.83 bits per heavy atom. The van der Waals surface area contributed by atoms with E-state index in [2.05, 4.69) is 19.7 Å². The second-order valence-corrected chi connectivity index (χ2v) is 8.61. The van der Waals surface area contributed by atoms with Gasteiger partial charge in [0, 0.05) is 31.4 Å². The summed E-state index contributed by atoms with van der Waals surface area (Å²) in [6.45, 7) is 1.55. The molecular formula is C15H17N5O2S2. The maximum absolute atomic E-state index is 12.3. The summed E-state index contributed by atoms with van der Waals surface area (Å²) in [5, 5.41) is 6.08. The number of anilines is 1. The largest absolute Gasteiger partial charge is 0.592 e. The quantitative estimate of drug-likeness (QED) is 0.716. The first-order valence-electron chi connectivity index (χ1n) is 7.73. The van der Waals surface area contributed by atoms with E-state index in [4.69, 9.17) is 0 Å². The second kappa shape index (κ2) is 6.25. The van der Waals surface area contributed by atoms with E-state index in [1.807, 2.05) is 16.6 Å². The fraction of sp³-hybridized carbons (Fsp3) is 0.333. The van der Waals surface area contributed by atoms with Crippen LogP contribution in [0.1, 0.15) is 12.8 Å². The van der Waals surface area contributed by atoms with Crippen molar-refractivity contribution in [2.45, 2.75) is 23.1 Å². The molecule has 4 heterocycles. The molecule has 0 radical (unpaired) electrons. The number of sulfonamides is 1. The Morgan fingerprint density at radius 2 is 2.08 bits per heavy atom. The Hall–Kier alpha value is -1.81. The van der Waals surface area contributed by atoms with Crippen molar-refractivity contribution in [1.82, 2.24) is 19.3 Å². The van der Waals surface area contributed by atoms with Crippen LogP contribution in [0.2, 0.25) is 0 Å². The summed E-state index contributed by atoms with van der Waals surface area (Å²) in [6.07, 6.45) is 5.02. The maximum Gasteiger partial charge on any atom is 0.228 e. The van der Waals surface area contributed by atoms with Gasteiger partial charge < -0.3 is 9.45 Å². The summed E-state index contributed by atoms with van der Waals surface area (Å²) >= 11 is 1.24. The minimum absolute atomic E-state index is 0.0386. The van der Waals surface area contributed by atoms with Crippen molar-refractivity contribution < 1.29 is 8.76 Å². The van der Waals surface area contributed by atoms with E-state index in [1.165, 1.54) is 11.3 Å². The lowest BCUT2D eigenvalue weighted by atomic mass is 10.1. The van der Waals surface area contributed by atoms with Gasteiger partial charge in [-0.3, -0.25) is 0 Å². The lowest BCUT2D eigenvalue weighted by Crippen LogP contribution is -2.46. The Morgan fingerprint density at radius 1 is 1.25 bits per heavy atom. The zero-order valence-corrected chi connectivity index (χ0v) is 14.5. The predicted molar refractivity (Wildman–Crippen MR) is 92.8 cm³/mol. The van der Waals surface area contributed by atoms with Crippen molar-refractivity contribution in [3.63, 3.8) is 0 Å². The SMILES string of the molecule is O=[S+]([O-])(NC1CCN(c2ccnc3ccnn23)CC1)c1cccs1. The summed E-state index contributed by atoms with van der Waals surface area (Å²) in [5.41, 5.74) is 0.813. The third kappa shape index (κ3) is 2.95. The number of piperidine rings is 1. The van der Waals surface area contributed by atoms with Gasteiger partial charge in [0.2, 0.25) is 4.21 Å². The molecule has 0 saturated carbocycles. The fourth-order valence-electron chi connectivity index (χ4n) is 2.98. The number of hydrogen-bond donors (Lipinski definition) is 1. The average Bonchev–Trinajstić information content (AvgIpc) is 3.27. The van der Waals surface area contributed by atoms with E-state index in [0.29, 0.717) is 4.21 Å². The zero-order chi connectivity index (χ0) is 16.6. The van der Waals surface area contributed by atoms with E-state index < -0.39 is 10.4 Å². The first-order valence-corrected chi connectivity index (χ1v) is 10.1. The monoisotopic (exact) mass is 363 g/mol. The molecule has 7 nitrogen and oxygen atoms in total. The van der Waals surface area contributed by atoms with Crippen LogP contribution in [0.25, 0.3) is 5.65 Å². The molecule has 0 bridgehead atoms. The van der Waals surface area contributed by atoms with Crippen LogP contribution in [0.5, 0.6) is 0 Å². The first kappa shape index (κ1) is 15.7. The molecule has 1 aliphatic rings. The molecule has 1 unspecified atom stereocenters. The number of fused-ring (bicyclic) bond motifs is 1. The van der Waals surface area contributed by atoms with Crippen molar-refractivity contribution >= 4 is 33.2 Å². The molecule has 1 N–H and O–H groups in total. The summed E-state index contributed by atoms with van der Waals surface area (Å²) in [5.74, 6) is 0.990. The number of thiophene rings is 1. The van der Waals surface area contributed by atoms with Crippen LogP contribution in [0.3, 0.4) is 0 Å². The highest BCUT2D eigenvalue weighted by Crippen LogP contribution is 2.24. The van der Waals surface area contributed by atoms with Crippen LogP contribution in [-0.2, 0) is 14.6 Å². The highest BCUT2D eigenvalue weighted by atomic mass is 32.3. The van der Waals surface area contributed by atoms with Gasteiger partial charge in [-0.25, -0.2) is 4.98 Å². The maximum atomic E-state index is 12.3. The van der Waals surface area contributed by atoms with Gasteiger partial charge in [-0.2, -0.15) is 9.61 Å². The van der Waals surface area contributed by atoms with E-state index >= 15 is 0 Å². The predicted octanol–water partition coefficient (Wildman–Crippen LogP) is 1.95. The number of nitrogens with one attached hydrogen (secondary N) is 1. The number of aromatic nitrogens is 3. The van der Waals surface area contributed by atoms with Crippen LogP contribution in [0, 0.1) is 0 Å². The lowest BCUT2D eigenvalue weighted by Gasteiger charge is -2.33. The molecule has 126 valence electrons. The third-order valence-corrected chi connectivity index (χ3v) is 7.09. The van der Waals surface area contributed by atoms with Crippen molar-refractivity contribution in [3.8, 4) is 0 Å². The zero-order valence-electron chi connectivity index (χ0n) is 12.9. The summed E-state index contributed by atoms with van der Waals surface area (Å²) in [7, 11) is -3.40. The van der Waals surface area contributed by atoms with E-state index in [9.17, 15) is 8.76 Å². The molecule has 0 amide bonds. The Labute approximate surface area is 144 Å². The molecular weight excluding hydrogens is 346 g/mol. The molecule has 3 aromatic rings. The van der Waals surface area contributed by atoms with Crippen molar-refractivity contribution in [3.05, 3.63) is 42.0 Å².